The zero-order valence-corrected chi connectivity index (χ0v) is 10.3. The molecule has 2 nitrogen and oxygen atoms in total. The largest absolute Gasteiger partial charge is 0.481 e. The maximum absolute atomic E-state index is 10.3. The molecule has 0 bridgehead atoms. The Morgan fingerprint density at radius 2 is 1.73 bits per heavy atom. The molecule has 0 aliphatic heterocycles. The highest BCUT2D eigenvalue weighted by atomic mass is 16.4. The van der Waals surface area contributed by atoms with Gasteiger partial charge in [0.15, 0.2) is 0 Å². The highest BCUT2D eigenvalue weighted by Crippen LogP contribution is 2.19. The number of hydrogen-bond donors (Lipinski definition) is 1. The van der Waals surface area contributed by atoms with Gasteiger partial charge in [0.1, 0.15) is 0 Å². The van der Waals surface area contributed by atoms with E-state index in [1.807, 2.05) is 0 Å². The van der Waals surface area contributed by atoms with Gasteiger partial charge in [-0.15, -0.1) is 0 Å². The minimum Gasteiger partial charge on any atom is -0.481 e. The molecule has 1 atom stereocenters. The van der Waals surface area contributed by atoms with Crippen molar-refractivity contribution in [3.63, 3.8) is 0 Å². The quantitative estimate of drug-likeness (QED) is 0.552. The van der Waals surface area contributed by atoms with E-state index >= 15 is 0 Å². The Morgan fingerprint density at radius 3 is 2.27 bits per heavy atom. The molecule has 0 aliphatic rings. The number of aliphatic carboxylic acids is 1. The molecule has 15 heavy (non-hydrogen) atoms. The summed E-state index contributed by atoms with van der Waals surface area (Å²) >= 11 is 0. The molecular weight excluding hydrogens is 188 g/mol. The van der Waals surface area contributed by atoms with Gasteiger partial charge in [0, 0.05) is 6.42 Å². The SMILES string of the molecule is CCCC(CC)CCCCCCC(=O)O. The van der Waals surface area contributed by atoms with Crippen LogP contribution in [0.15, 0.2) is 0 Å². The van der Waals surface area contributed by atoms with Crippen molar-refractivity contribution in [1.29, 1.82) is 0 Å². The molecule has 0 heterocycles. The molecule has 2 heteroatoms. The number of unbranched alkanes of at least 4 members (excludes halogenated alkanes) is 3. The topological polar surface area (TPSA) is 37.3 Å². The Labute approximate surface area is 94.1 Å². The van der Waals surface area contributed by atoms with E-state index in [9.17, 15) is 4.79 Å². The summed E-state index contributed by atoms with van der Waals surface area (Å²) < 4.78 is 0. The van der Waals surface area contributed by atoms with Crippen LogP contribution < -0.4 is 0 Å². The van der Waals surface area contributed by atoms with Crippen LogP contribution in [0, 0.1) is 5.92 Å². The second kappa shape index (κ2) is 10.0. The molecule has 90 valence electrons. The van der Waals surface area contributed by atoms with Crippen molar-refractivity contribution in [2.75, 3.05) is 0 Å². The smallest absolute Gasteiger partial charge is 0.303 e. The fourth-order valence-corrected chi connectivity index (χ4v) is 2.02. The first-order chi connectivity index (χ1) is 7.20. The van der Waals surface area contributed by atoms with Crippen LogP contribution in [0.4, 0.5) is 0 Å². The van der Waals surface area contributed by atoms with Crippen LogP contribution in [0.3, 0.4) is 0 Å². The van der Waals surface area contributed by atoms with E-state index in [2.05, 4.69) is 13.8 Å². The molecule has 0 aromatic heterocycles. The number of hydrogen-bond acceptors (Lipinski definition) is 1. The predicted octanol–water partition coefficient (Wildman–Crippen LogP) is 4.24. The lowest BCUT2D eigenvalue weighted by atomic mass is 9.94. The van der Waals surface area contributed by atoms with E-state index in [0.29, 0.717) is 6.42 Å². The Kier molecular flexibility index (Phi) is 9.65. The van der Waals surface area contributed by atoms with Crippen molar-refractivity contribution >= 4 is 5.97 Å². The highest BCUT2D eigenvalue weighted by Gasteiger charge is 2.04. The van der Waals surface area contributed by atoms with Gasteiger partial charge >= 0.3 is 5.97 Å². The van der Waals surface area contributed by atoms with Crippen molar-refractivity contribution in [3.05, 3.63) is 0 Å². The van der Waals surface area contributed by atoms with Crippen molar-refractivity contribution < 1.29 is 9.90 Å². The molecule has 0 radical (unpaired) electrons. The van der Waals surface area contributed by atoms with Crippen molar-refractivity contribution in [2.24, 2.45) is 5.92 Å². The first-order valence-electron chi connectivity index (χ1n) is 6.42. The molecule has 0 spiro atoms. The summed E-state index contributed by atoms with van der Waals surface area (Å²) in [5.41, 5.74) is 0. The van der Waals surface area contributed by atoms with Crippen LogP contribution in [0.2, 0.25) is 0 Å². The zero-order valence-electron chi connectivity index (χ0n) is 10.3. The first-order valence-corrected chi connectivity index (χ1v) is 6.42. The number of rotatable bonds is 10. The standard InChI is InChI=1S/C13H26O2/c1-3-9-12(4-2)10-7-5-6-8-11-13(14)15/h12H,3-11H2,1-2H3,(H,14,15). The minimum atomic E-state index is -0.660. The van der Waals surface area contributed by atoms with E-state index < -0.39 is 5.97 Å². The van der Waals surface area contributed by atoms with Gasteiger partial charge in [-0.1, -0.05) is 58.8 Å². The molecule has 0 amide bonds. The summed E-state index contributed by atoms with van der Waals surface area (Å²) in [4.78, 5) is 10.3. The van der Waals surface area contributed by atoms with Gasteiger partial charge in [0.2, 0.25) is 0 Å². The van der Waals surface area contributed by atoms with Crippen LogP contribution in [0.25, 0.3) is 0 Å². The molecule has 0 aromatic rings. The van der Waals surface area contributed by atoms with E-state index in [4.69, 9.17) is 5.11 Å². The second-order valence-corrected chi connectivity index (χ2v) is 4.41. The van der Waals surface area contributed by atoms with Crippen molar-refractivity contribution in [1.82, 2.24) is 0 Å². The first kappa shape index (κ1) is 14.5. The highest BCUT2D eigenvalue weighted by molar-refractivity contribution is 5.66. The number of carboxylic acid groups (broad SMARTS) is 1. The molecule has 1 unspecified atom stereocenters. The summed E-state index contributed by atoms with van der Waals surface area (Å²) in [5.74, 6) is 0.238. The zero-order chi connectivity index (χ0) is 11.5. The summed E-state index contributed by atoms with van der Waals surface area (Å²) in [6.07, 6.45) is 10.0. The maximum Gasteiger partial charge on any atom is 0.303 e. The third kappa shape index (κ3) is 9.77. The van der Waals surface area contributed by atoms with Crippen LogP contribution in [0.5, 0.6) is 0 Å². The van der Waals surface area contributed by atoms with Crippen LogP contribution >= 0.6 is 0 Å². The molecule has 0 rings (SSSR count). The third-order valence-corrected chi connectivity index (χ3v) is 3.03. The minimum absolute atomic E-state index is 0.339. The summed E-state index contributed by atoms with van der Waals surface area (Å²) in [6, 6.07) is 0. The second-order valence-electron chi connectivity index (χ2n) is 4.41. The monoisotopic (exact) mass is 214 g/mol. The summed E-state index contributed by atoms with van der Waals surface area (Å²) in [7, 11) is 0. The molecule has 0 saturated heterocycles. The van der Waals surface area contributed by atoms with Crippen LogP contribution in [0.1, 0.15) is 71.6 Å². The lowest BCUT2D eigenvalue weighted by molar-refractivity contribution is -0.137. The maximum atomic E-state index is 10.3. The Bertz CT molecular complexity index is 155. The Morgan fingerprint density at radius 1 is 1.07 bits per heavy atom. The van der Waals surface area contributed by atoms with Gasteiger partial charge in [-0.25, -0.2) is 0 Å². The molecular formula is C13H26O2. The fraction of sp³-hybridized carbons (Fsp3) is 0.923. The average Bonchev–Trinajstić information content (AvgIpc) is 2.21. The van der Waals surface area contributed by atoms with Crippen molar-refractivity contribution in [3.8, 4) is 0 Å². The predicted molar refractivity (Wildman–Crippen MR) is 64.0 cm³/mol. The van der Waals surface area contributed by atoms with E-state index in [1.165, 1.54) is 38.5 Å². The summed E-state index contributed by atoms with van der Waals surface area (Å²) in [5, 5.41) is 8.47. The number of carboxylic acids is 1. The van der Waals surface area contributed by atoms with Gasteiger partial charge in [0.25, 0.3) is 0 Å². The van der Waals surface area contributed by atoms with Gasteiger partial charge in [-0.2, -0.15) is 0 Å². The molecule has 0 fully saturated rings. The van der Waals surface area contributed by atoms with E-state index in [0.717, 1.165) is 18.8 Å². The average molecular weight is 214 g/mol. The van der Waals surface area contributed by atoms with Crippen LogP contribution in [-0.2, 0) is 4.79 Å². The fourth-order valence-electron chi connectivity index (χ4n) is 2.02. The molecule has 0 aromatic carbocycles. The molecule has 0 saturated carbocycles. The molecule has 1 N–H and O–H groups in total. The van der Waals surface area contributed by atoms with Crippen molar-refractivity contribution in [2.45, 2.75) is 71.6 Å². The van der Waals surface area contributed by atoms with Crippen LogP contribution in [-0.4, -0.2) is 11.1 Å². The molecule has 0 aliphatic carbocycles. The Hall–Kier alpha value is -0.530. The third-order valence-electron chi connectivity index (χ3n) is 3.03. The van der Waals surface area contributed by atoms with Gasteiger partial charge in [0.05, 0.1) is 0 Å². The lowest BCUT2D eigenvalue weighted by Gasteiger charge is -2.12. The normalized spacial score (nSPS) is 12.7. The number of carbonyl (C=O) groups is 1. The lowest BCUT2D eigenvalue weighted by Crippen LogP contribution is -1.98. The van der Waals surface area contributed by atoms with E-state index in [1.54, 1.807) is 0 Å². The van der Waals surface area contributed by atoms with Gasteiger partial charge < -0.3 is 5.11 Å². The Balaban J connectivity index is 3.24. The summed E-state index contributed by atoms with van der Waals surface area (Å²) in [6.45, 7) is 4.51. The van der Waals surface area contributed by atoms with E-state index in [-0.39, 0.29) is 0 Å². The van der Waals surface area contributed by atoms with Gasteiger partial charge in [-0.05, 0) is 12.3 Å². The van der Waals surface area contributed by atoms with Gasteiger partial charge in [-0.3, -0.25) is 4.79 Å².